The fourth-order valence-corrected chi connectivity index (χ4v) is 3.75. The van der Waals surface area contributed by atoms with Crippen molar-refractivity contribution in [3.8, 4) is 0 Å². The van der Waals surface area contributed by atoms with E-state index in [4.69, 9.17) is 0 Å². The number of nitrogens with one attached hydrogen (secondary N) is 1. The number of nitrogens with zero attached hydrogens (tertiary/aromatic N) is 2. The standard InChI is InChI=1S/C14H13Br2N3OS/c1-8-3-9(2)18-14(17-8)21-7-13(20)19-12-5-10(15)4-11(16)6-12/h3-6H,7H2,1-2H3,(H,19,20). The molecule has 1 aromatic heterocycles. The van der Waals surface area contributed by atoms with Crippen LogP contribution in [0.1, 0.15) is 11.4 Å². The molecule has 7 heteroatoms. The number of anilines is 1. The van der Waals surface area contributed by atoms with Gasteiger partial charge in [0.2, 0.25) is 5.91 Å². The molecule has 1 aromatic carbocycles. The third kappa shape index (κ3) is 5.41. The van der Waals surface area contributed by atoms with Crippen LogP contribution >= 0.6 is 43.6 Å². The molecule has 0 unspecified atom stereocenters. The van der Waals surface area contributed by atoms with Crippen molar-refractivity contribution in [1.82, 2.24) is 9.97 Å². The van der Waals surface area contributed by atoms with Crippen LogP contribution in [0.25, 0.3) is 0 Å². The summed E-state index contributed by atoms with van der Waals surface area (Å²) in [5, 5.41) is 3.47. The topological polar surface area (TPSA) is 54.9 Å². The van der Waals surface area contributed by atoms with E-state index in [0.29, 0.717) is 5.16 Å². The van der Waals surface area contributed by atoms with Gasteiger partial charge in [-0.2, -0.15) is 0 Å². The smallest absolute Gasteiger partial charge is 0.234 e. The van der Waals surface area contributed by atoms with Gasteiger partial charge in [0.15, 0.2) is 5.16 Å². The third-order valence-corrected chi connectivity index (χ3v) is 4.20. The second-order valence-corrected chi connectivity index (χ2v) is 7.20. The molecule has 0 saturated carbocycles. The van der Waals surface area contributed by atoms with E-state index in [1.54, 1.807) is 0 Å². The van der Waals surface area contributed by atoms with Gasteiger partial charge in [0.25, 0.3) is 0 Å². The van der Waals surface area contributed by atoms with Crippen LogP contribution in [-0.2, 0) is 4.79 Å². The van der Waals surface area contributed by atoms with Crippen molar-refractivity contribution in [2.45, 2.75) is 19.0 Å². The quantitative estimate of drug-likeness (QED) is 0.578. The molecular weight excluding hydrogens is 418 g/mol. The average molecular weight is 431 g/mol. The van der Waals surface area contributed by atoms with Crippen molar-refractivity contribution < 1.29 is 4.79 Å². The number of carbonyl (C=O) groups excluding carboxylic acids is 1. The first-order valence-corrected chi connectivity index (χ1v) is 8.70. The maximum Gasteiger partial charge on any atom is 0.234 e. The van der Waals surface area contributed by atoms with Crippen LogP contribution in [0.5, 0.6) is 0 Å². The predicted molar refractivity (Wildman–Crippen MR) is 92.7 cm³/mol. The molecule has 0 spiro atoms. The Bertz CT molecular complexity index is 639. The second kappa shape index (κ2) is 7.38. The number of benzene rings is 1. The first-order valence-electron chi connectivity index (χ1n) is 6.13. The maximum atomic E-state index is 12.0. The lowest BCUT2D eigenvalue weighted by molar-refractivity contribution is -0.113. The summed E-state index contributed by atoms with van der Waals surface area (Å²) in [7, 11) is 0. The Morgan fingerprint density at radius 3 is 2.24 bits per heavy atom. The highest BCUT2D eigenvalue weighted by molar-refractivity contribution is 9.11. The second-order valence-electron chi connectivity index (χ2n) is 4.43. The van der Waals surface area contributed by atoms with Gasteiger partial charge in [-0.25, -0.2) is 9.97 Å². The Labute approximate surface area is 144 Å². The van der Waals surface area contributed by atoms with Crippen LogP contribution in [0, 0.1) is 13.8 Å². The highest BCUT2D eigenvalue weighted by Crippen LogP contribution is 2.23. The zero-order valence-corrected chi connectivity index (χ0v) is 15.5. The fourth-order valence-electron chi connectivity index (χ4n) is 1.71. The van der Waals surface area contributed by atoms with Crippen LogP contribution in [0.2, 0.25) is 0 Å². The molecule has 2 rings (SSSR count). The van der Waals surface area contributed by atoms with E-state index in [0.717, 1.165) is 26.0 Å². The Kier molecular flexibility index (Phi) is 5.78. The van der Waals surface area contributed by atoms with Gasteiger partial charge >= 0.3 is 0 Å². The molecule has 1 heterocycles. The fraction of sp³-hybridized carbons (Fsp3) is 0.214. The molecular formula is C14H13Br2N3OS. The minimum absolute atomic E-state index is 0.0900. The number of amides is 1. The molecule has 1 amide bonds. The Balaban J connectivity index is 1.95. The Morgan fingerprint density at radius 2 is 1.67 bits per heavy atom. The van der Waals surface area contributed by atoms with Crippen molar-refractivity contribution in [2.24, 2.45) is 0 Å². The molecule has 2 aromatic rings. The Hall–Kier alpha value is -0.920. The van der Waals surface area contributed by atoms with Crippen molar-refractivity contribution in [2.75, 3.05) is 11.1 Å². The average Bonchev–Trinajstić information content (AvgIpc) is 2.34. The molecule has 0 saturated heterocycles. The monoisotopic (exact) mass is 429 g/mol. The summed E-state index contributed by atoms with van der Waals surface area (Å²) in [5.74, 6) is 0.181. The molecule has 1 N–H and O–H groups in total. The number of halogens is 2. The zero-order chi connectivity index (χ0) is 15.4. The van der Waals surface area contributed by atoms with E-state index >= 15 is 0 Å². The summed E-state index contributed by atoms with van der Waals surface area (Å²) in [6.45, 7) is 3.83. The molecule has 0 aliphatic carbocycles. The first-order chi connectivity index (χ1) is 9.92. The number of aromatic nitrogens is 2. The molecule has 0 atom stereocenters. The number of thioether (sulfide) groups is 1. The number of aryl methyl sites for hydroxylation is 2. The maximum absolute atomic E-state index is 12.0. The molecule has 4 nitrogen and oxygen atoms in total. The largest absolute Gasteiger partial charge is 0.325 e. The third-order valence-electron chi connectivity index (χ3n) is 2.44. The van der Waals surface area contributed by atoms with Gasteiger partial charge in [0.1, 0.15) is 0 Å². The van der Waals surface area contributed by atoms with Gasteiger partial charge in [-0.15, -0.1) is 0 Å². The van der Waals surface area contributed by atoms with E-state index in [1.165, 1.54) is 11.8 Å². The van der Waals surface area contributed by atoms with Crippen molar-refractivity contribution in [1.29, 1.82) is 0 Å². The molecule has 0 fully saturated rings. The number of hydrogen-bond donors (Lipinski definition) is 1. The van der Waals surface area contributed by atoms with Gasteiger partial charge < -0.3 is 5.32 Å². The lowest BCUT2D eigenvalue weighted by Crippen LogP contribution is -2.14. The summed E-state index contributed by atoms with van der Waals surface area (Å²) in [5.41, 5.74) is 2.55. The van der Waals surface area contributed by atoms with E-state index in [1.807, 2.05) is 38.1 Å². The summed E-state index contributed by atoms with van der Waals surface area (Å²) in [6, 6.07) is 7.51. The van der Waals surface area contributed by atoms with Crippen molar-refractivity contribution >= 4 is 55.2 Å². The van der Waals surface area contributed by atoms with Gasteiger partial charge in [-0.3, -0.25) is 4.79 Å². The van der Waals surface area contributed by atoms with Gasteiger partial charge in [-0.1, -0.05) is 43.6 Å². The predicted octanol–water partition coefficient (Wildman–Crippen LogP) is 4.35. The first kappa shape index (κ1) is 16.5. The normalized spacial score (nSPS) is 10.5. The van der Waals surface area contributed by atoms with E-state index in [9.17, 15) is 4.79 Å². The zero-order valence-electron chi connectivity index (χ0n) is 11.5. The van der Waals surface area contributed by atoms with Crippen molar-refractivity contribution in [3.05, 3.63) is 44.6 Å². The van der Waals surface area contributed by atoms with Gasteiger partial charge in [0, 0.05) is 26.0 Å². The number of rotatable bonds is 4. The van der Waals surface area contributed by atoms with Gasteiger partial charge in [0.05, 0.1) is 5.75 Å². The number of hydrogen-bond acceptors (Lipinski definition) is 4. The molecule has 0 aliphatic rings. The molecule has 0 bridgehead atoms. The minimum Gasteiger partial charge on any atom is -0.325 e. The summed E-state index contributed by atoms with van der Waals surface area (Å²) >= 11 is 8.10. The lowest BCUT2D eigenvalue weighted by Gasteiger charge is -2.06. The van der Waals surface area contributed by atoms with Crippen LogP contribution < -0.4 is 5.32 Å². The molecule has 21 heavy (non-hydrogen) atoms. The number of carbonyl (C=O) groups is 1. The van der Waals surface area contributed by atoms with E-state index < -0.39 is 0 Å². The van der Waals surface area contributed by atoms with E-state index in [2.05, 4.69) is 47.1 Å². The highest BCUT2D eigenvalue weighted by atomic mass is 79.9. The lowest BCUT2D eigenvalue weighted by atomic mass is 10.3. The molecule has 0 radical (unpaired) electrons. The van der Waals surface area contributed by atoms with E-state index in [-0.39, 0.29) is 11.7 Å². The van der Waals surface area contributed by atoms with Crippen molar-refractivity contribution in [3.63, 3.8) is 0 Å². The highest BCUT2D eigenvalue weighted by Gasteiger charge is 2.07. The summed E-state index contributed by atoms with van der Waals surface area (Å²) in [6.07, 6.45) is 0. The van der Waals surface area contributed by atoms with Crippen LogP contribution in [-0.4, -0.2) is 21.6 Å². The molecule has 110 valence electrons. The van der Waals surface area contributed by atoms with Crippen LogP contribution in [0.15, 0.2) is 38.4 Å². The summed E-state index contributed by atoms with van der Waals surface area (Å²) < 4.78 is 1.80. The van der Waals surface area contributed by atoms with Crippen LogP contribution in [0.3, 0.4) is 0 Å². The minimum atomic E-state index is -0.0900. The SMILES string of the molecule is Cc1cc(C)nc(SCC(=O)Nc2cc(Br)cc(Br)c2)n1. The molecule has 0 aliphatic heterocycles. The van der Waals surface area contributed by atoms with Crippen LogP contribution in [0.4, 0.5) is 5.69 Å². The Morgan fingerprint density at radius 1 is 1.10 bits per heavy atom. The summed E-state index contributed by atoms with van der Waals surface area (Å²) in [4.78, 5) is 20.6. The van der Waals surface area contributed by atoms with Gasteiger partial charge in [-0.05, 0) is 38.1 Å².